The van der Waals surface area contributed by atoms with Crippen molar-refractivity contribution < 1.29 is 14.3 Å². The average Bonchev–Trinajstić information content (AvgIpc) is 3.06. The maximum Gasteiger partial charge on any atom is 0.263 e. The first-order chi connectivity index (χ1) is 14.6. The predicted octanol–water partition coefficient (Wildman–Crippen LogP) is 4.76. The van der Waals surface area contributed by atoms with Crippen LogP contribution in [0.5, 0.6) is 11.6 Å². The number of aryl methyl sites for hydroxylation is 1. The summed E-state index contributed by atoms with van der Waals surface area (Å²) in [4.78, 5) is 31.7. The zero-order chi connectivity index (χ0) is 20.9. The van der Waals surface area contributed by atoms with Gasteiger partial charge in [0.15, 0.2) is 5.75 Å². The zero-order valence-corrected chi connectivity index (χ0v) is 17.5. The summed E-state index contributed by atoms with van der Waals surface area (Å²) in [5.74, 6) is 0.856. The maximum atomic E-state index is 13.2. The highest BCUT2D eigenvalue weighted by molar-refractivity contribution is 6.09. The van der Waals surface area contributed by atoms with Gasteiger partial charge in [0.1, 0.15) is 5.56 Å². The van der Waals surface area contributed by atoms with E-state index in [4.69, 9.17) is 4.74 Å². The SMILES string of the molecule is Cc1ccc2c(c1)N(CCCC(=O)NC1CCCCCC1)C(=O)c1cccnc1O2. The van der Waals surface area contributed by atoms with E-state index >= 15 is 0 Å². The van der Waals surface area contributed by atoms with Crippen LogP contribution < -0.4 is 15.0 Å². The largest absolute Gasteiger partial charge is 0.436 e. The number of nitrogens with one attached hydrogen (secondary N) is 1. The summed E-state index contributed by atoms with van der Waals surface area (Å²) in [5.41, 5.74) is 2.21. The molecule has 158 valence electrons. The zero-order valence-electron chi connectivity index (χ0n) is 17.5. The minimum Gasteiger partial charge on any atom is -0.436 e. The van der Waals surface area contributed by atoms with Gasteiger partial charge in [-0.2, -0.15) is 0 Å². The lowest BCUT2D eigenvalue weighted by molar-refractivity contribution is -0.121. The molecule has 1 aliphatic carbocycles. The Morgan fingerprint density at radius 1 is 1.20 bits per heavy atom. The smallest absolute Gasteiger partial charge is 0.263 e. The van der Waals surface area contributed by atoms with Gasteiger partial charge in [0, 0.05) is 25.2 Å². The highest BCUT2D eigenvalue weighted by Gasteiger charge is 2.29. The number of amides is 2. The summed E-state index contributed by atoms with van der Waals surface area (Å²) < 4.78 is 5.94. The Hall–Kier alpha value is -2.89. The van der Waals surface area contributed by atoms with Gasteiger partial charge in [0.25, 0.3) is 5.91 Å². The van der Waals surface area contributed by atoms with Gasteiger partial charge in [0.2, 0.25) is 11.8 Å². The second kappa shape index (κ2) is 9.28. The monoisotopic (exact) mass is 407 g/mol. The molecule has 2 aromatic rings. The van der Waals surface area contributed by atoms with Crippen molar-refractivity contribution in [1.29, 1.82) is 0 Å². The van der Waals surface area contributed by atoms with Crippen LogP contribution in [-0.4, -0.2) is 29.4 Å². The number of anilines is 1. The summed E-state index contributed by atoms with van der Waals surface area (Å²) in [7, 11) is 0. The van der Waals surface area contributed by atoms with Crippen LogP contribution in [-0.2, 0) is 4.79 Å². The van der Waals surface area contributed by atoms with E-state index in [9.17, 15) is 9.59 Å². The Balaban J connectivity index is 1.45. The second-order valence-corrected chi connectivity index (χ2v) is 8.25. The third-order valence-electron chi connectivity index (χ3n) is 5.86. The van der Waals surface area contributed by atoms with E-state index < -0.39 is 0 Å². The Kier molecular flexibility index (Phi) is 6.31. The Bertz CT molecular complexity index is 920. The van der Waals surface area contributed by atoms with Gasteiger partial charge in [-0.25, -0.2) is 4.98 Å². The minimum absolute atomic E-state index is 0.0759. The van der Waals surface area contributed by atoms with Gasteiger partial charge >= 0.3 is 0 Å². The molecule has 6 nitrogen and oxygen atoms in total. The van der Waals surface area contributed by atoms with Gasteiger partial charge < -0.3 is 15.0 Å². The molecule has 0 bridgehead atoms. The number of hydrogen-bond acceptors (Lipinski definition) is 4. The molecular weight excluding hydrogens is 378 g/mol. The van der Waals surface area contributed by atoms with Crippen molar-refractivity contribution in [3.05, 3.63) is 47.7 Å². The molecule has 4 rings (SSSR count). The molecule has 0 atom stereocenters. The van der Waals surface area contributed by atoms with E-state index in [0.29, 0.717) is 42.6 Å². The number of aromatic nitrogens is 1. The van der Waals surface area contributed by atoms with Crippen LogP contribution in [0, 0.1) is 6.92 Å². The van der Waals surface area contributed by atoms with Crippen molar-refractivity contribution in [2.24, 2.45) is 0 Å². The first-order valence-corrected chi connectivity index (χ1v) is 11.0. The van der Waals surface area contributed by atoms with Crippen molar-refractivity contribution in [2.75, 3.05) is 11.4 Å². The van der Waals surface area contributed by atoms with Crippen molar-refractivity contribution in [3.63, 3.8) is 0 Å². The van der Waals surface area contributed by atoms with Gasteiger partial charge in [-0.15, -0.1) is 0 Å². The molecule has 0 unspecified atom stereocenters. The van der Waals surface area contributed by atoms with Crippen LogP contribution in [0.2, 0.25) is 0 Å². The third-order valence-corrected chi connectivity index (χ3v) is 5.86. The number of hydrogen-bond donors (Lipinski definition) is 1. The standard InChI is InChI=1S/C24H29N3O3/c1-17-12-13-21-20(16-17)27(24(29)19-10-6-14-25-23(19)30-21)15-7-11-22(28)26-18-8-4-2-3-5-9-18/h6,10,12-14,16,18H,2-5,7-9,11,15H2,1H3,(H,26,28). The number of nitrogens with zero attached hydrogens (tertiary/aromatic N) is 2. The number of ether oxygens (including phenoxy) is 1. The molecule has 2 heterocycles. The Morgan fingerprint density at radius 3 is 2.80 bits per heavy atom. The fourth-order valence-electron chi connectivity index (χ4n) is 4.26. The quantitative estimate of drug-likeness (QED) is 0.725. The van der Waals surface area contributed by atoms with Gasteiger partial charge in [0.05, 0.1) is 5.69 Å². The molecule has 1 aromatic heterocycles. The first-order valence-electron chi connectivity index (χ1n) is 11.0. The Labute approximate surface area is 177 Å². The molecule has 1 aliphatic heterocycles. The van der Waals surface area contributed by atoms with Crippen LogP contribution >= 0.6 is 0 Å². The average molecular weight is 408 g/mol. The van der Waals surface area contributed by atoms with E-state index in [1.807, 2.05) is 25.1 Å². The van der Waals surface area contributed by atoms with Crippen LogP contribution in [0.15, 0.2) is 36.5 Å². The second-order valence-electron chi connectivity index (χ2n) is 8.25. The third kappa shape index (κ3) is 4.64. The van der Waals surface area contributed by atoms with E-state index in [1.165, 1.54) is 25.7 Å². The van der Waals surface area contributed by atoms with Crippen LogP contribution in [0.3, 0.4) is 0 Å². The van der Waals surface area contributed by atoms with E-state index in [2.05, 4.69) is 10.3 Å². The summed E-state index contributed by atoms with van der Waals surface area (Å²) in [6.07, 6.45) is 9.67. The van der Waals surface area contributed by atoms with Crippen molar-refractivity contribution >= 4 is 17.5 Å². The molecule has 1 fully saturated rings. The first kappa shape index (κ1) is 20.4. The topological polar surface area (TPSA) is 71.5 Å². The van der Waals surface area contributed by atoms with Crippen molar-refractivity contribution in [3.8, 4) is 11.6 Å². The Morgan fingerprint density at radius 2 is 2.00 bits per heavy atom. The van der Waals surface area contributed by atoms with Crippen LogP contribution in [0.4, 0.5) is 5.69 Å². The van der Waals surface area contributed by atoms with E-state index in [-0.39, 0.29) is 11.8 Å². The highest BCUT2D eigenvalue weighted by Crippen LogP contribution is 2.38. The molecule has 1 N–H and O–H groups in total. The minimum atomic E-state index is -0.147. The van der Waals surface area contributed by atoms with Crippen molar-refractivity contribution in [2.45, 2.75) is 64.3 Å². The van der Waals surface area contributed by atoms with E-state index in [0.717, 1.165) is 24.1 Å². The fraction of sp³-hybridized carbons (Fsp3) is 0.458. The van der Waals surface area contributed by atoms with Gasteiger partial charge in [-0.3, -0.25) is 9.59 Å². The predicted molar refractivity (Wildman–Crippen MR) is 116 cm³/mol. The molecule has 0 radical (unpaired) electrons. The molecular formula is C24H29N3O3. The molecule has 6 heteroatoms. The number of carbonyl (C=O) groups excluding carboxylic acids is 2. The molecule has 2 amide bonds. The number of fused-ring (bicyclic) bond motifs is 2. The normalized spacial score (nSPS) is 16.7. The summed E-state index contributed by atoms with van der Waals surface area (Å²) in [6, 6.07) is 9.54. The summed E-state index contributed by atoms with van der Waals surface area (Å²) >= 11 is 0. The number of benzene rings is 1. The highest BCUT2D eigenvalue weighted by atomic mass is 16.5. The van der Waals surface area contributed by atoms with Crippen molar-refractivity contribution in [1.82, 2.24) is 10.3 Å². The summed E-state index contributed by atoms with van der Waals surface area (Å²) in [6.45, 7) is 2.43. The number of carbonyl (C=O) groups is 2. The van der Waals surface area contributed by atoms with Gasteiger partial charge in [-0.1, -0.05) is 31.7 Å². The lowest BCUT2D eigenvalue weighted by atomic mass is 10.1. The molecule has 0 saturated heterocycles. The molecule has 1 aromatic carbocycles. The van der Waals surface area contributed by atoms with E-state index in [1.54, 1.807) is 23.2 Å². The van der Waals surface area contributed by atoms with Crippen LogP contribution in [0.1, 0.15) is 67.3 Å². The van der Waals surface area contributed by atoms with Gasteiger partial charge in [-0.05, 0) is 56.0 Å². The number of pyridine rings is 1. The summed E-state index contributed by atoms with van der Waals surface area (Å²) in [5, 5.41) is 3.19. The van der Waals surface area contributed by atoms with Crippen LogP contribution in [0.25, 0.3) is 0 Å². The number of rotatable bonds is 5. The lowest BCUT2D eigenvalue weighted by Gasteiger charge is -2.23. The molecule has 2 aliphatic rings. The molecule has 0 spiro atoms. The molecule has 1 saturated carbocycles. The maximum absolute atomic E-state index is 13.2. The fourth-order valence-corrected chi connectivity index (χ4v) is 4.26. The lowest BCUT2D eigenvalue weighted by Crippen LogP contribution is -2.36. The molecule has 30 heavy (non-hydrogen) atoms.